The standard InChI is InChI=1S/C8H11NO3/c1-8(11,12)9-6-2-4-7(10)5-3-6/h2-5,9-12H,1H3. The molecule has 12 heavy (non-hydrogen) atoms. The van der Waals surface area contributed by atoms with Crippen LogP contribution in [0, 0.1) is 0 Å². The fourth-order valence-corrected chi connectivity index (χ4v) is 0.818. The SMILES string of the molecule is CC(O)(O)Nc1ccc(O)cc1. The predicted octanol–water partition coefficient (Wildman–Crippen LogP) is 0.462. The number of nitrogens with one attached hydrogen (secondary N) is 1. The van der Waals surface area contributed by atoms with Gasteiger partial charge >= 0.3 is 0 Å². The van der Waals surface area contributed by atoms with Gasteiger partial charge < -0.3 is 20.6 Å². The van der Waals surface area contributed by atoms with Crippen molar-refractivity contribution in [1.29, 1.82) is 0 Å². The Morgan fingerprint density at radius 3 is 2.08 bits per heavy atom. The van der Waals surface area contributed by atoms with Crippen LogP contribution in [0.5, 0.6) is 5.75 Å². The Hall–Kier alpha value is -1.26. The molecule has 0 amide bonds. The van der Waals surface area contributed by atoms with E-state index in [0.717, 1.165) is 0 Å². The summed E-state index contributed by atoms with van der Waals surface area (Å²) in [6.45, 7) is 1.21. The fourth-order valence-electron chi connectivity index (χ4n) is 0.818. The summed E-state index contributed by atoms with van der Waals surface area (Å²) in [5.74, 6) is -1.80. The number of aliphatic hydroxyl groups is 2. The topological polar surface area (TPSA) is 72.7 Å². The number of hydrogen-bond donors (Lipinski definition) is 4. The second kappa shape index (κ2) is 3.00. The number of phenols is 1. The van der Waals surface area contributed by atoms with Gasteiger partial charge in [-0.1, -0.05) is 0 Å². The minimum Gasteiger partial charge on any atom is -0.508 e. The largest absolute Gasteiger partial charge is 0.508 e. The number of anilines is 1. The molecule has 0 saturated heterocycles. The molecule has 0 fully saturated rings. The molecule has 1 rings (SSSR count). The molecule has 0 unspecified atom stereocenters. The third kappa shape index (κ3) is 2.77. The molecular weight excluding hydrogens is 158 g/mol. The lowest BCUT2D eigenvalue weighted by Crippen LogP contribution is -2.33. The lowest BCUT2D eigenvalue weighted by atomic mass is 10.3. The highest BCUT2D eigenvalue weighted by Crippen LogP contribution is 2.15. The van der Waals surface area contributed by atoms with Gasteiger partial charge in [-0.05, 0) is 24.3 Å². The normalized spacial score (nSPS) is 11.2. The van der Waals surface area contributed by atoms with Crippen molar-refractivity contribution in [2.75, 3.05) is 5.32 Å². The van der Waals surface area contributed by atoms with E-state index in [2.05, 4.69) is 5.32 Å². The molecule has 0 spiro atoms. The minimum absolute atomic E-state index is 0.137. The average Bonchev–Trinajstić information content (AvgIpc) is 1.91. The molecule has 4 N–H and O–H groups in total. The van der Waals surface area contributed by atoms with Crippen molar-refractivity contribution in [3.63, 3.8) is 0 Å². The van der Waals surface area contributed by atoms with Crippen molar-refractivity contribution in [1.82, 2.24) is 0 Å². The highest BCUT2D eigenvalue weighted by Gasteiger charge is 2.13. The first-order valence-corrected chi connectivity index (χ1v) is 3.49. The molecule has 66 valence electrons. The summed E-state index contributed by atoms with van der Waals surface area (Å²) >= 11 is 0. The van der Waals surface area contributed by atoms with Crippen LogP contribution in [0.15, 0.2) is 24.3 Å². The van der Waals surface area contributed by atoms with Gasteiger partial charge in [0.1, 0.15) is 5.75 Å². The van der Waals surface area contributed by atoms with E-state index in [4.69, 9.17) is 15.3 Å². The summed E-state index contributed by atoms with van der Waals surface area (Å²) in [5, 5.41) is 29.2. The van der Waals surface area contributed by atoms with Gasteiger partial charge in [0.25, 0.3) is 0 Å². The lowest BCUT2D eigenvalue weighted by molar-refractivity contribution is -0.118. The van der Waals surface area contributed by atoms with E-state index in [1.807, 2.05) is 0 Å². The maximum atomic E-state index is 8.92. The first-order valence-electron chi connectivity index (χ1n) is 3.49. The van der Waals surface area contributed by atoms with E-state index in [0.29, 0.717) is 5.69 Å². The van der Waals surface area contributed by atoms with Gasteiger partial charge in [0.05, 0.1) is 0 Å². The van der Waals surface area contributed by atoms with Gasteiger partial charge in [-0.25, -0.2) is 0 Å². The Morgan fingerprint density at radius 1 is 1.17 bits per heavy atom. The summed E-state index contributed by atoms with van der Waals surface area (Å²) in [6.07, 6.45) is 0. The molecule has 0 aromatic heterocycles. The van der Waals surface area contributed by atoms with Crippen LogP contribution in [0.3, 0.4) is 0 Å². The number of hydrogen-bond acceptors (Lipinski definition) is 4. The van der Waals surface area contributed by atoms with Crippen molar-refractivity contribution in [3.05, 3.63) is 24.3 Å². The van der Waals surface area contributed by atoms with Crippen molar-refractivity contribution in [2.45, 2.75) is 12.8 Å². The van der Waals surface area contributed by atoms with Gasteiger partial charge in [-0.2, -0.15) is 0 Å². The van der Waals surface area contributed by atoms with E-state index >= 15 is 0 Å². The van der Waals surface area contributed by atoms with Crippen LogP contribution in [0.25, 0.3) is 0 Å². The molecule has 0 atom stereocenters. The Bertz CT molecular complexity index is 250. The molecule has 0 heterocycles. The molecule has 0 radical (unpaired) electrons. The fraction of sp³-hybridized carbons (Fsp3) is 0.250. The summed E-state index contributed by atoms with van der Waals surface area (Å²) in [6, 6.07) is 5.99. The van der Waals surface area contributed by atoms with Gasteiger partial charge in [-0.15, -0.1) is 0 Å². The van der Waals surface area contributed by atoms with Crippen LogP contribution >= 0.6 is 0 Å². The Morgan fingerprint density at radius 2 is 1.67 bits per heavy atom. The zero-order chi connectivity index (χ0) is 9.19. The van der Waals surface area contributed by atoms with Crippen LogP contribution in [0.4, 0.5) is 5.69 Å². The van der Waals surface area contributed by atoms with E-state index in [1.54, 1.807) is 12.1 Å². The first-order chi connectivity index (χ1) is 5.47. The molecule has 0 aliphatic rings. The van der Waals surface area contributed by atoms with Gasteiger partial charge in [0.2, 0.25) is 5.91 Å². The highest BCUT2D eigenvalue weighted by atomic mass is 16.5. The smallest absolute Gasteiger partial charge is 0.241 e. The molecular formula is C8H11NO3. The monoisotopic (exact) mass is 169 g/mol. The predicted molar refractivity (Wildman–Crippen MR) is 44.6 cm³/mol. The third-order valence-corrected chi connectivity index (χ3v) is 1.25. The van der Waals surface area contributed by atoms with Crippen LogP contribution < -0.4 is 5.32 Å². The van der Waals surface area contributed by atoms with E-state index in [1.165, 1.54) is 19.1 Å². The molecule has 0 aliphatic carbocycles. The zero-order valence-corrected chi connectivity index (χ0v) is 6.65. The van der Waals surface area contributed by atoms with Crippen LogP contribution in [-0.2, 0) is 0 Å². The third-order valence-electron chi connectivity index (χ3n) is 1.25. The Balaban J connectivity index is 2.71. The molecule has 0 aliphatic heterocycles. The van der Waals surface area contributed by atoms with E-state index < -0.39 is 5.91 Å². The van der Waals surface area contributed by atoms with Crippen LogP contribution in [0.2, 0.25) is 0 Å². The number of phenolic OH excluding ortho intramolecular Hbond substituents is 1. The number of aromatic hydroxyl groups is 1. The summed E-state index contributed by atoms with van der Waals surface area (Å²) in [4.78, 5) is 0. The van der Waals surface area contributed by atoms with Crippen molar-refractivity contribution >= 4 is 5.69 Å². The zero-order valence-electron chi connectivity index (χ0n) is 6.65. The molecule has 4 heteroatoms. The molecule has 0 bridgehead atoms. The van der Waals surface area contributed by atoms with Crippen molar-refractivity contribution < 1.29 is 15.3 Å². The summed E-state index contributed by atoms with van der Waals surface area (Å²) in [5.41, 5.74) is 0.528. The maximum Gasteiger partial charge on any atom is 0.241 e. The second-order valence-corrected chi connectivity index (χ2v) is 2.69. The van der Waals surface area contributed by atoms with Crippen LogP contribution in [-0.4, -0.2) is 21.2 Å². The second-order valence-electron chi connectivity index (χ2n) is 2.69. The van der Waals surface area contributed by atoms with E-state index in [9.17, 15) is 0 Å². The van der Waals surface area contributed by atoms with Gasteiger partial charge in [0.15, 0.2) is 0 Å². The lowest BCUT2D eigenvalue weighted by Gasteiger charge is -2.18. The Labute approximate surface area is 70.1 Å². The molecule has 4 nitrogen and oxygen atoms in total. The maximum absolute atomic E-state index is 8.92. The summed E-state index contributed by atoms with van der Waals surface area (Å²) < 4.78 is 0. The van der Waals surface area contributed by atoms with Crippen molar-refractivity contribution in [2.24, 2.45) is 0 Å². The van der Waals surface area contributed by atoms with E-state index in [-0.39, 0.29) is 5.75 Å². The molecule has 1 aromatic rings. The van der Waals surface area contributed by atoms with Gasteiger partial charge in [-0.3, -0.25) is 0 Å². The van der Waals surface area contributed by atoms with Gasteiger partial charge in [0, 0.05) is 12.6 Å². The minimum atomic E-state index is -1.93. The number of rotatable bonds is 2. The van der Waals surface area contributed by atoms with Crippen LogP contribution in [0.1, 0.15) is 6.92 Å². The highest BCUT2D eigenvalue weighted by molar-refractivity contribution is 5.46. The summed E-state index contributed by atoms with van der Waals surface area (Å²) in [7, 11) is 0. The van der Waals surface area contributed by atoms with Crippen molar-refractivity contribution in [3.8, 4) is 5.75 Å². The Kier molecular flexibility index (Phi) is 2.21. The number of benzene rings is 1. The molecule has 1 aromatic carbocycles. The quantitative estimate of drug-likeness (QED) is 0.383. The molecule has 0 saturated carbocycles. The first kappa shape index (κ1) is 8.83. The average molecular weight is 169 g/mol.